The van der Waals surface area contributed by atoms with Crippen molar-refractivity contribution >= 4 is 46.2 Å². The Labute approximate surface area is 147 Å². The zero-order chi connectivity index (χ0) is 17.1. The van der Waals surface area contributed by atoms with Crippen molar-refractivity contribution < 1.29 is 14.7 Å². The van der Waals surface area contributed by atoms with E-state index in [9.17, 15) is 14.7 Å². The highest BCUT2D eigenvalue weighted by molar-refractivity contribution is 8.26. The van der Waals surface area contributed by atoms with Crippen molar-refractivity contribution in [3.8, 4) is 5.75 Å². The molecule has 0 aliphatic carbocycles. The van der Waals surface area contributed by atoms with E-state index >= 15 is 0 Å². The highest BCUT2D eigenvalue weighted by Crippen LogP contribution is 2.31. The van der Waals surface area contributed by atoms with Crippen LogP contribution in [0.15, 0.2) is 59.5 Å². The number of thiocarbonyl (C=S) groups is 1. The maximum absolute atomic E-state index is 12.4. The zero-order valence-electron chi connectivity index (χ0n) is 12.3. The van der Waals surface area contributed by atoms with E-state index in [1.54, 1.807) is 54.6 Å². The Bertz CT molecular complexity index is 850. The van der Waals surface area contributed by atoms with Gasteiger partial charge in [-0.3, -0.25) is 15.0 Å². The summed E-state index contributed by atoms with van der Waals surface area (Å²) in [7, 11) is 0. The fourth-order valence-electron chi connectivity index (χ4n) is 2.09. The number of carbonyl (C=O) groups excluding carboxylic acids is 2. The SMILES string of the molecule is O=C(NN1C(=O)/C(=C\c2cccc(O)c2)SC1=S)c1ccccc1. The molecule has 1 aliphatic rings. The van der Waals surface area contributed by atoms with E-state index in [1.165, 1.54) is 6.07 Å². The standard InChI is InChI=1S/C17H12N2O3S2/c20-13-8-4-5-11(9-13)10-14-16(22)19(17(23)24-14)18-15(21)12-6-2-1-3-7-12/h1-10,20H,(H,18,21)/b14-10+. The molecule has 1 fully saturated rings. The molecule has 120 valence electrons. The molecule has 2 aromatic carbocycles. The largest absolute Gasteiger partial charge is 0.508 e. The fourth-order valence-corrected chi connectivity index (χ4v) is 3.27. The van der Waals surface area contributed by atoms with E-state index in [4.69, 9.17) is 12.2 Å². The fraction of sp³-hybridized carbons (Fsp3) is 0. The Hall–Kier alpha value is -2.64. The third-order valence-electron chi connectivity index (χ3n) is 3.21. The number of amides is 2. The van der Waals surface area contributed by atoms with Crippen LogP contribution in [0.3, 0.4) is 0 Å². The molecule has 0 atom stereocenters. The van der Waals surface area contributed by atoms with Gasteiger partial charge in [0, 0.05) is 5.56 Å². The number of thioether (sulfide) groups is 1. The second kappa shape index (κ2) is 6.86. The van der Waals surface area contributed by atoms with Crippen molar-refractivity contribution in [2.45, 2.75) is 0 Å². The molecule has 2 aromatic rings. The molecular formula is C17H12N2O3S2. The Kier molecular flexibility index (Phi) is 4.64. The third-order valence-corrected chi connectivity index (χ3v) is 4.51. The molecule has 2 amide bonds. The first-order valence-electron chi connectivity index (χ1n) is 6.97. The molecule has 2 N–H and O–H groups in total. The number of hydrogen-bond donors (Lipinski definition) is 2. The molecule has 1 aliphatic heterocycles. The molecular weight excluding hydrogens is 344 g/mol. The normalized spacial score (nSPS) is 15.8. The molecule has 0 saturated carbocycles. The van der Waals surface area contributed by atoms with Gasteiger partial charge in [-0.25, -0.2) is 0 Å². The number of hydrogen-bond acceptors (Lipinski definition) is 5. The van der Waals surface area contributed by atoms with Crippen LogP contribution in [0.25, 0.3) is 6.08 Å². The quantitative estimate of drug-likeness (QED) is 0.654. The summed E-state index contributed by atoms with van der Waals surface area (Å²) >= 11 is 6.26. The monoisotopic (exact) mass is 356 g/mol. The summed E-state index contributed by atoms with van der Waals surface area (Å²) in [5.41, 5.74) is 3.62. The summed E-state index contributed by atoms with van der Waals surface area (Å²) in [6.07, 6.45) is 1.62. The second-order valence-electron chi connectivity index (χ2n) is 4.92. The number of carbonyl (C=O) groups is 2. The molecule has 24 heavy (non-hydrogen) atoms. The Morgan fingerprint density at radius 1 is 1.17 bits per heavy atom. The summed E-state index contributed by atoms with van der Waals surface area (Å²) in [5, 5.41) is 10.5. The van der Waals surface area contributed by atoms with Gasteiger partial charge in [-0.15, -0.1) is 0 Å². The van der Waals surface area contributed by atoms with Gasteiger partial charge in [0.25, 0.3) is 11.8 Å². The van der Waals surface area contributed by atoms with E-state index in [-0.39, 0.29) is 10.1 Å². The summed E-state index contributed by atoms with van der Waals surface area (Å²) < 4.78 is 0.246. The van der Waals surface area contributed by atoms with Crippen LogP contribution < -0.4 is 5.43 Å². The molecule has 0 radical (unpaired) electrons. The lowest BCUT2D eigenvalue weighted by Crippen LogP contribution is -2.44. The zero-order valence-corrected chi connectivity index (χ0v) is 13.9. The molecule has 1 saturated heterocycles. The van der Waals surface area contributed by atoms with Gasteiger partial charge in [0.2, 0.25) is 0 Å². The average molecular weight is 356 g/mol. The molecule has 7 heteroatoms. The summed E-state index contributed by atoms with van der Waals surface area (Å²) in [6.45, 7) is 0. The minimum absolute atomic E-state index is 0.108. The first kappa shape index (κ1) is 16.2. The first-order valence-corrected chi connectivity index (χ1v) is 8.20. The van der Waals surface area contributed by atoms with E-state index in [1.807, 2.05) is 0 Å². The topological polar surface area (TPSA) is 69.6 Å². The number of nitrogens with one attached hydrogen (secondary N) is 1. The number of phenols is 1. The van der Waals surface area contributed by atoms with Crippen molar-refractivity contribution in [3.05, 3.63) is 70.6 Å². The van der Waals surface area contributed by atoms with Gasteiger partial charge in [0.1, 0.15) is 5.75 Å². The van der Waals surface area contributed by atoms with Crippen LogP contribution >= 0.6 is 24.0 Å². The molecule has 5 nitrogen and oxygen atoms in total. The Balaban J connectivity index is 1.78. The predicted octanol–water partition coefficient (Wildman–Crippen LogP) is 2.94. The van der Waals surface area contributed by atoms with E-state index in [2.05, 4.69) is 5.43 Å². The number of nitrogens with zero attached hydrogens (tertiary/aromatic N) is 1. The van der Waals surface area contributed by atoms with Crippen molar-refractivity contribution in [2.75, 3.05) is 0 Å². The molecule has 0 bridgehead atoms. The Morgan fingerprint density at radius 2 is 1.92 bits per heavy atom. The van der Waals surface area contributed by atoms with E-state index in [0.717, 1.165) is 16.8 Å². The van der Waals surface area contributed by atoms with Gasteiger partial charge in [0.15, 0.2) is 4.32 Å². The van der Waals surface area contributed by atoms with Gasteiger partial charge in [-0.1, -0.05) is 42.1 Å². The second-order valence-corrected chi connectivity index (χ2v) is 6.59. The minimum atomic E-state index is -0.412. The predicted molar refractivity (Wildman–Crippen MR) is 97.0 cm³/mol. The number of rotatable bonds is 3. The molecule has 0 aromatic heterocycles. The number of hydrazine groups is 1. The Morgan fingerprint density at radius 3 is 2.62 bits per heavy atom. The highest BCUT2D eigenvalue weighted by atomic mass is 32.2. The lowest BCUT2D eigenvalue weighted by Gasteiger charge is -2.15. The van der Waals surface area contributed by atoms with Gasteiger partial charge >= 0.3 is 0 Å². The van der Waals surface area contributed by atoms with Crippen LogP contribution in [0, 0.1) is 0 Å². The lowest BCUT2D eigenvalue weighted by molar-refractivity contribution is -0.123. The van der Waals surface area contributed by atoms with Crippen molar-refractivity contribution in [2.24, 2.45) is 0 Å². The smallest absolute Gasteiger partial charge is 0.285 e. The molecule has 3 rings (SSSR count). The third kappa shape index (κ3) is 3.47. The molecule has 0 spiro atoms. The maximum Gasteiger partial charge on any atom is 0.285 e. The number of aromatic hydroxyl groups is 1. The van der Waals surface area contributed by atoms with E-state index < -0.39 is 11.8 Å². The van der Waals surface area contributed by atoms with Crippen LogP contribution in [0.1, 0.15) is 15.9 Å². The van der Waals surface area contributed by atoms with Crippen molar-refractivity contribution in [3.63, 3.8) is 0 Å². The van der Waals surface area contributed by atoms with Crippen molar-refractivity contribution in [1.29, 1.82) is 0 Å². The van der Waals surface area contributed by atoms with Crippen LogP contribution in [0.2, 0.25) is 0 Å². The van der Waals surface area contributed by atoms with Gasteiger partial charge in [-0.05, 0) is 48.1 Å². The minimum Gasteiger partial charge on any atom is -0.508 e. The van der Waals surface area contributed by atoms with Gasteiger partial charge in [0.05, 0.1) is 4.91 Å². The van der Waals surface area contributed by atoms with Crippen molar-refractivity contribution in [1.82, 2.24) is 10.4 Å². The van der Waals surface area contributed by atoms with Crippen LogP contribution in [0.5, 0.6) is 5.75 Å². The molecule has 1 heterocycles. The summed E-state index contributed by atoms with van der Waals surface area (Å²) in [4.78, 5) is 25.0. The first-order chi connectivity index (χ1) is 11.5. The van der Waals surface area contributed by atoms with Crippen LogP contribution in [-0.4, -0.2) is 26.3 Å². The van der Waals surface area contributed by atoms with Gasteiger partial charge in [-0.2, -0.15) is 5.01 Å². The maximum atomic E-state index is 12.4. The van der Waals surface area contributed by atoms with E-state index in [0.29, 0.717) is 16.0 Å². The van der Waals surface area contributed by atoms with Gasteiger partial charge < -0.3 is 5.11 Å². The number of phenolic OH excluding ortho intramolecular Hbond substituents is 1. The highest BCUT2D eigenvalue weighted by Gasteiger charge is 2.33. The summed E-state index contributed by atoms with van der Waals surface area (Å²) in [6, 6.07) is 15.1. The average Bonchev–Trinajstić information content (AvgIpc) is 2.83. The van der Waals surface area contributed by atoms with Crippen LogP contribution in [-0.2, 0) is 4.79 Å². The molecule has 0 unspecified atom stereocenters. The lowest BCUT2D eigenvalue weighted by atomic mass is 10.2. The van der Waals surface area contributed by atoms with Crippen LogP contribution in [0.4, 0.5) is 0 Å². The summed E-state index contributed by atoms with van der Waals surface area (Å²) in [5.74, 6) is -0.709. The number of benzene rings is 2.